The first kappa shape index (κ1) is 11.9. The van der Waals surface area contributed by atoms with Gasteiger partial charge in [-0.05, 0) is 18.1 Å². The molecular weight excluding hydrogens is 216 g/mol. The van der Waals surface area contributed by atoms with Crippen LogP contribution in [-0.4, -0.2) is 32.7 Å². The second kappa shape index (κ2) is 5.68. The number of hydrogen-bond acceptors (Lipinski definition) is 3. The molecular formula is C13H18N2O2. The summed E-state index contributed by atoms with van der Waals surface area (Å²) in [5, 5.41) is 6.17. The number of carbonyl (C=O) groups is 1. The highest BCUT2D eigenvalue weighted by Gasteiger charge is 2.23. The van der Waals surface area contributed by atoms with Gasteiger partial charge in [0.15, 0.2) is 0 Å². The molecule has 92 valence electrons. The first-order chi connectivity index (χ1) is 8.31. The number of fused-ring (bicyclic) bond motifs is 1. The van der Waals surface area contributed by atoms with Crippen LogP contribution in [0, 0.1) is 5.92 Å². The highest BCUT2D eigenvalue weighted by molar-refractivity contribution is 5.80. The fourth-order valence-electron chi connectivity index (χ4n) is 2.05. The second-order valence-corrected chi connectivity index (χ2v) is 4.22. The van der Waals surface area contributed by atoms with E-state index in [1.54, 1.807) is 7.11 Å². The van der Waals surface area contributed by atoms with Crippen molar-refractivity contribution in [1.29, 1.82) is 0 Å². The zero-order valence-electron chi connectivity index (χ0n) is 10.0. The van der Waals surface area contributed by atoms with Crippen LogP contribution in [0.1, 0.15) is 5.56 Å². The first-order valence-corrected chi connectivity index (χ1v) is 5.89. The molecule has 0 saturated carbocycles. The van der Waals surface area contributed by atoms with Crippen LogP contribution in [0.25, 0.3) is 0 Å². The molecule has 0 radical (unpaired) electrons. The number of benzene rings is 1. The van der Waals surface area contributed by atoms with Crippen LogP contribution < -0.4 is 10.6 Å². The van der Waals surface area contributed by atoms with Crippen molar-refractivity contribution >= 4 is 11.6 Å². The molecule has 1 unspecified atom stereocenters. The van der Waals surface area contributed by atoms with Crippen molar-refractivity contribution in [2.24, 2.45) is 5.92 Å². The lowest BCUT2D eigenvalue weighted by Gasteiger charge is -2.25. The number of rotatable bonds is 4. The number of hydrogen-bond donors (Lipinski definition) is 2. The van der Waals surface area contributed by atoms with Crippen LogP contribution in [-0.2, 0) is 16.0 Å². The molecule has 1 heterocycles. The van der Waals surface area contributed by atoms with Gasteiger partial charge in [0.1, 0.15) is 0 Å². The Kier molecular flexibility index (Phi) is 3.98. The Hall–Kier alpha value is -1.55. The van der Waals surface area contributed by atoms with Gasteiger partial charge in [-0.15, -0.1) is 0 Å². The fraction of sp³-hybridized carbons (Fsp3) is 0.462. The van der Waals surface area contributed by atoms with E-state index < -0.39 is 0 Å². The van der Waals surface area contributed by atoms with Crippen LogP contribution >= 0.6 is 0 Å². The van der Waals surface area contributed by atoms with Crippen molar-refractivity contribution < 1.29 is 9.53 Å². The Bertz CT molecular complexity index is 393. The van der Waals surface area contributed by atoms with Gasteiger partial charge in [0.05, 0.1) is 12.5 Å². The Morgan fingerprint density at radius 3 is 3.18 bits per heavy atom. The SMILES string of the molecule is COCCNC(=O)C1CNc2ccccc2C1. The number of nitrogens with one attached hydrogen (secondary N) is 2. The summed E-state index contributed by atoms with van der Waals surface area (Å²) in [4.78, 5) is 11.9. The summed E-state index contributed by atoms with van der Waals surface area (Å²) in [5.41, 5.74) is 2.36. The maximum absolute atomic E-state index is 11.9. The maximum Gasteiger partial charge on any atom is 0.225 e. The third-order valence-electron chi connectivity index (χ3n) is 3.00. The van der Waals surface area contributed by atoms with Crippen molar-refractivity contribution in [2.75, 3.05) is 32.1 Å². The van der Waals surface area contributed by atoms with E-state index in [1.165, 1.54) is 5.56 Å². The molecule has 0 saturated heterocycles. The molecule has 1 aliphatic rings. The minimum Gasteiger partial charge on any atom is -0.384 e. The Morgan fingerprint density at radius 2 is 2.35 bits per heavy atom. The van der Waals surface area contributed by atoms with Crippen molar-refractivity contribution in [3.05, 3.63) is 29.8 Å². The van der Waals surface area contributed by atoms with Crippen LogP contribution in [0.2, 0.25) is 0 Å². The summed E-state index contributed by atoms with van der Waals surface area (Å²) < 4.78 is 4.91. The highest BCUT2D eigenvalue weighted by Crippen LogP contribution is 2.24. The number of para-hydroxylation sites is 1. The molecule has 0 spiro atoms. The van der Waals surface area contributed by atoms with Gasteiger partial charge >= 0.3 is 0 Å². The van der Waals surface area contributed by atoms with Crippen molar-refractivity contribution in [3.8, 4) is 0 Å². The fourth-order valence-corrected chi connectivity index (χ4v) is 2.05. The normalized spacial score (nSPS) is 18.1. The summed E-state index contributed by atoms with van der Waals surface area (Å²) in [7, 11) is 1.63. The van der Waals surface area contributed by atoms with Crippen LogP contribution in [0.3, 0.4) is 0 Å². The van der Waals surface area contributed by atoms with Gasteiger partial charge in [0.25, 0.3) is 0 Å². The summed E-state index contributed by atoms with van der Waals surface area (Å²) in [6.07, 6.45) is 0.808. The average molecular weight is 234 g/mol. The molecule has 2 rings (SSSR count). The lowest BCUT2D eigenvalue weighted by atomic mass is 9.93. The number of carbonyl (C=O) groups excluding carboxylic acids is 1. The molecule has 2 N–H and O–H groups in total. The zero-order valence-corrected chi connectivity index (χ0v) is 10.0. The van der Waals surface area contributed by atoms with Crippen LogP contribution in [0.15, 0.2) is 24.3 Å². The summed E-state index contributed by atoms with van der Waals surface area (Å²) >= 11 is 0. The standard InChI is InChI=1S/C13H18N2O2/c1-17-7-6-14-13(16)11-8-10-4-2-3-5-12(10)15-9-11/h2-5,11,15H,6-9H2,1H3,(H,14,16). The molecule has 0 aliphatic carbocycles. The smallest absolute Gasteiger partial charge is 0.225 e. The third-order valence-corrected chi connectivity index (χ3v) is 3.00. The minimum absolute atomic E-state index is 0.0155. The molecule has 4 heteroatoms. The molecule has 1 amide bonds. The van der Waals surface area contributed by atoms with Gasteiger partial charge in [-0.1, -0.05) is 18.2 Å². The molecule has 4 nitrogen and oxygen atoms in total. The van der Waals surface area contributed by atoms with Crippen LogP contribution in [0.4, 0.5) is 5.69 Å². The number of ether oxygens (including phenoxy) is 1. The summed E-state index contributed by atoms with van der Waals surface area (Å²) in [6.45, 7) is 1.84. The molecule has 1 aromatic rings. The van der Waals surface area contributed by atoms with E-state index in [0.29, 0.717) is 19.7 Å². The second-order valence-electron chi connectivity index (χ2n) is 4.22. The van der Waals surface area contributed by atoms with E-state index in [2.05, 4.69) is 16.7 Å². The van der Waals surface area contributed by atoms with E-state index in [0.717, 1.165) is 12.1 Å². The van der Waals surface area contributed by atoms with Crippen LogP contribution in [0.5, 0.6) is 0 Å². The molecule has 0 aromatic heterocycles. The summed E-state index contributed by atoms with van der Waals surface area (Å²) in [6, 6.07) is 8.13. The topological polar surface area (TPSA) is 50.4 Å². The summed E-state index contributed by atoms with van der Waals surface area (Å²) in [5.74, 6) is 0.116. The quantitative estimate of drug-likeness (QED) is 0.765. The molecule has 0 fully saturated rings. The van der Waals surface area contributed by atoms with E-state index >= 15 is 0 Å². The predicted octanol–water partition coefficient (Wildman–Crippen LogP) is 1.03. The van der Waals surface area contributed by atoms with Gasteiger partial charge in [-0.25, -0.2) is 0 Å². The molecule has 1 atom stereocenters. The Labute approximate surface area is 101 Å². The van der Waals surface area contributed by atoms with Gasteiger partial charge in [-0.3, -0.25) is 4.79 Å². The number of amides is 1. The van der Waals surface area contributed by atoms with Gasteiger partial charge < -0.3 is 15.4 Å². The Morgan fingerprint density at radius 1 is 1.53 bits per heavy atom. The first-order valence-electron chi connectivity index (χ1n) is 5.89. The third kappa shape index (κ3) is 2.97. The van der Waals surface area contributed by atoms with Gasteiger partial charge in [-0.2, -0.15) is 0 Å². The number of methoxy groups -OCH3 is 1. The van der Waals surface area contributed by atoms with E-state index in [-0.39, 0.29) is 11.8 Å². The largest absolute Gasteiger partial charge is 0.384 e. The van der Waals surface area contributed by atoms with Crippen molar-refractivity contribution in [3.63, 3.8) is 0 Å². The van der Waals surface area contributed by atoms with Gasteiger partial charge in [0.2, 0.25) is 5.91 Å². The highest BCUT2D eigenvalue weighted by atomic mass is 16.5. The maximum atomic E-state index is 11.9. The van der Waals surface area contributed by atoms with E-state index in [9.17, 15) is 4.79 Å². The molecule has 17 heavy (non-hydrogen) atoms. The minimum atomic E-state index is 0.0155. The average Bonchev–Trinajstić information content (AvgIpc) is 2.38. The van der Waals surface area contributed by atoms with E-state index in [4.69, 9.17) is 4.74 Å². The lowest BCUT2D eigenvalue weighted by molar-refractivity contribution is -0.124. The zero-order chi connectivity index (χ0) is 12.1. The molecule has 0 bridgehead atoms. The monoisotopic (exact) mass is 234 g/mol. The van der Waals surface area contributed by atoms with E-state index in [1.807, 2.05) is 18.2 Å². The Balaban J connectivity index is 1.91. The van der Waals surface area contributed by atoms with Crippen molar-refractivity contribution in [1.82, 2.24) is 5.32 Å². The van der Waals surface area contributed by atoms with Gasteiger partial charge in [0, 0.05) is 25.9 Å². The number of anilines is 1. The van der Waals surface area contributed by atoms with Crippen molar-refractivity contribution in [2.45, 2.75) is 6.42 Å². The molecule has 1 aliphatic heterocycles. The lowest BCUT2D eigenvalue weighted by Crippen LogP contribution is -2.39. The predicted molar refractivity (Wildman–Crippen MR) is 67.0 cm³/mol. The molecule has 1 aromatic carbocycles.